The number of rotatable bonds is 6. The zero-order valence-electron chi connectivity index (χ0n) is 14.1. The van der Waals surface area contributed by atoms with Crippen LogP contribution in [0, 0.1) is 0 Å². The summed E-state index contributed by atoms with van der Waals surface area (Å²) in [5, 5.41) is 4.09. The fraction of sp³-hybridized carbons (Fsp3) is 0.375. The second-order valence-corrected chi connectivity index (χ2v) is 7.86. The molecule has 7 nitrogen and oxygen atoms in total. The topological polar surface area (TPSA) is 88.6 Å². The number of esters is 1. The average molecular weight is 418 g/mol. The summed E-state index contributed by atoms with van der Waals surface area (Å²) < 4.78 is 29.3. The van der Waals surface area contributed by atoms with Crippen LogP contribution < -0.4 is 5.32 Å². The van der Waals surface area contributed by atoms with Gasteiger partial charge < -0.3 is 10.1 Å². The molecule has 0 saturated carbocycles. The maximum Gasteiger partial charge on any atom is 0.337 e. The van der Waals surface area contributed by atoms with Crippen molar-refractivity contribution >= 4 is 40.6 Å². The normalized spacial score (nSPS) is 13.3. The monoisotopic (exact) mass is 417 g/mol. The first-order chi connectivity index (χ1) is 12.1. The Balaban J connectivity index is 0.00000243. The van der Waals surface area contributed by atoms with Gasteiger partial charge >= 0.3 is 5.97 Å². The first-order valence-electron chi connectivity index (χ1n) is 7.81. The molecule has 0 bridgehead atoms. The fourth-order valence-corrected chi connectivity index (χ4v) is 4.37. The van der Waals surface area contributed by atoms with Crippen molar-refractivity contribution in [3.63, 3.8) is 0 Å². The number of carbonyl (C=O) groups is 1. The van der Waals surface area contributed by atoms with E-state index in [0.717, 1.165) is 35.8 Å². The van der Waals surface area contributed by atoms with E-state index in [4.69, 9.17) is 0 Å². The molecule has 0 saturated heterocycles. The van der Waals surface area contributed by atoms with E-state index in [1.165, 1.54) is 16.3 Å². The summed E-state index contributed by atoms with van der Waals surface area (Å²) in [6.07, 6.45) is 0.879. The van der Waals surface area contributed by atoms with E-state index in [-0.39, 0.29) is 25.5 Å². The Hall–Kier alpha value is -1.52. The van der Waals surface area contributed by atoms with Crippen molar-refractivity contribution in [1.82, 2.24) is 14.6 Å². The molecule has 0 aliphatic carbocycles. The maximum absolute atomic E-state index is 11.6. The summed E-state index contributed by atoms with van der Waals surface area (Å²) >= 11 is 1.56. The summed E-state index contributed by atoms with van der Waals surface area (Å²) in [4.78, 5) is 17.2. The number of thiol groups is 1. The lowest BCUT2D eigenvalue weighted by molar-refractivity contribution is 0.0600. The van der Waals surface area contributed by atoms with E-state index in [2.05, 4.69) is 15.0 Å². The van der Waals surface area contributed by atoms with Gasteiger partial charge in [-0.1, -0.05) is 12.1 Å². The highest BCUT2D eigenvalue weighted by atomic mass is 35.5. The van der Waals surface area contributed by atoms with Gasteiger partial charge in [0.05, 0.1) is 24.9 Å². The Morgan fingerprint density at radius 1 is 1.31 bits per heavy atom. The van der Waals surface area contributed by atoms with E-state index in [9.17, 15) is 13.2 Å². The zero-order chi connectivity index (χ0) is 17.8. The summed E-state index contributed by atoms with van der Waals surface area (Å²) in [5.74, 6) is -0.416. The third-order valence-electron chi connectivity index (χ3n) is 3.94. The molecular formula is C16H20ClN3O4S2. The van der Waals surface area contributed by atoms with Crippen molar-refractivity contribution in [3.8, 4) is 0 Å². The van der Waals surface area contributed by atoms with Gasteiger partial charge in [0.15, 0.2) is 0 Å². The van der Waals surface area contributed by atoms with Crippen LogP contribution in [-0.2, 0) is 41.7 Å². The SMILES string of the molecule is COC(=O)c1ccc(CN(Cc2nc3c(s2)CNCC3)[SH](=O)=O)cc1.Cl. The van der Waals surface area contributed by atoms with Crippen LogP contribution in [0.4, 0.5) is 0 Å². The van der Waals surface area contributed by atoms with Crippen LogP contribution in [-0.4, -0.2) is 37.3 Å². The van der Waals surface area contributed by atoms with Crippen molar-refractivity contribution in [1.29, 1.82) is 0 Å². The quantitative estimate of drug-likeness (QED) is 0.547. The van der Waals surface area contributed by atoms with Crippen molar-refractivity contribution < 1.29 is 17.9 Å². The molecule has 0 fully saturated rings. The Morgan fingerprint density at radius 3 is 2.65 bits per heavy atom. The minimum Gasteiger partial charge on any atom is -0.465 e. The second kappa shape index (κ2) is 9.43. The molecule has 1 aromatic carbocycles. The van der Waals surface area contributed by atoms with Crippen LogP contribution in [0.1, 0.15) is 31.5 Å². The number of benzene rings is 1. The summed E-state index contributed by atoms with van der Waals surface area (Å²) in [6.45, 7) is 2.20. The van der Waals surface area contributed by atoms with Crippen molar-refractivity contribution in [2.24, 2.45) is 0 Å². The summed E-state index contributed by atoms with van der Waals surface area (Å²) in [5.41, 5.74) is 2.31. The number of thiazole rings is 1. The molecule has 0 unspecified atom stereocenters. The van der Waals surface area contributed by atoms with Gasteiger partial charge in [0.25, 0.3) is 0 Å². The molecule has 0 amide bonds. The zero-order valence-corrected chi connectivity index (χ0v) is 16.7. The molecule has 0 atom stereocenters. The van der Waals surface area contributed by atoms with Gasteiger partial charge in [-0.2, -0.15) is 4.31 Å². The first-order valence-corrected chi connectivity index (χ1v) is 9.76. The van der Waals surface area contributed by atoms with Crippen molar-refractivity contribution in [3.05, 3.63) is 51.0 Å². The Labute approximate surface area is 163 Å². The van der Waals surface area contributed by atoms with Gasteiger partial charge in [-0.25, -0.2) is 18.2 Å². The molecule has 142 valence electrons. The molecule has 26 heavy (non-hydrogen) atoms. The molecule has 1 aliphatic heterocycles. The Morgan fingerprint density at radius 2 is 2.04 bits per heavy atom. The highest BCUT2D eigenvalue weighted by Gasteiger charge is 2.18. The largest absolute Gasteiger partial charge is 0.465 e. The lowest BCUT2D eigenvalue weighted by Crippen LogP contribution is -2.22. The smallest absolute Gasteiger partial charge is 0.337 e. The minimum absolute atomic E-state index is 0. The van der Waals surface area contributed by atoms with Crippen LogP contribution in [0.25, 0.3) is 0 Å². The molecule has 0 radical (unpaired) electrons. The van der Waals surface area contributed by atoms with Crippen LogP contribution in [0.2, 0.25) is 0 Å². The number of fused-ring (bicyclic) bond motifs is 1. The maximum atomic E-state index is 11.6. The number of hydrogen-bond acceptors (Lipinski definition) is 7. The molecule has 10 heteroatoms. The van der Waals surface area contributed by atoms with E-state index in [1.807, 2.05) is 0 Å². The molecule has 1 N–H and O–H groups in total. The van der Waals surface area contributed by atoms with E-state index < -0.39 is 16.9 Å². The van der Waals surface area contributed by atoms with Crippen LogP contribution >= 0.6 is 23.7 Å². The van der Waals surface area contributed by atoms with E-state index >= 15 is 0 Å². The van der Waals surface area contributed by atoms with Crippen LogP contribution in [0.15, 0.2) is 24.3 Å². The highest BCUT2D eigenvalue weighted by molar-refractivity contribution is 7.69. The summed E-state index contributed by atoms with van der Waals surface area (Å²) in [6, 6.07) is 6.72. The first kappa shape index (κ1) is 20.8. The van der Waals surface area contributed by atoms with Gasteiger partial charge in [0.1, 0.15) is 5.01 Å². The van der Waals surface area contributed by atoms with Gasteiger partial charge in [-0.15, -0.1) is 23.7 Å². The Kier molecular flexibility index (Phi) is 7.54. The van der Waals surface area contributed by atoms with Crippen LogP contribution in [0.3, 0.4) is 0 Å². The third-order valence-corrected chi connectivity index (χ3v) is 5.76. The highest BCUT2D eigenvalue weighted by Crippen LogP contribution is 2.23. The Bertz CT molecular complexity index is 805. The number of hydrogen-bond donors (Lipinski definition) is 2. The van der Waals surface area contributed by atoms with E-state index in [0.29, 0.717) is 5.56 Å². The average Bonchev–Trinajstić information content (AvgIpc) is 3.03. The number of nitrogens with zero attached hydrogens (tertiary/aromatic N) is 2. The minimum atomic E-state index is -2.73. The standard InChI is InChI=1S/C16H19N3O4S2.ClH/c1-23-16(20)12-4-2-11(3-5-12)9-19(25(21)22)10-15-18-13-6-7-17-8-14(13)24-15;/h2-5,17,25H,6-10H2,1H3;1H. The second-order valence-electron chi connectivity index (χ2n) is 5.65. The lowest BCUT2D eigenvalue weighted by atomic mass is 10.1. The van der Waals surface area contributed by atoms with E-state index in [1.54, 1.807) is 35.6 Å². The molecule has 3 rings (SSSR count). The number of aromatic nitrogens is 1. The van der Waals surface area contributed by atoms with Gasteiger partial charge in [0.2, 0.25) is 10.9 Å². The van der Waals surface area contributed by atoms with Crippen LogP contribution in [0.5, 0.6) is 0 Å². The molecule has 1 aromatic heterocycles. The van der Waals surface area contributed by atoms with Crippen molar-refractivity contribution in [2.45, 2.75) is 26.1 Å². The molecular weight excluding hydrogens is 398 g/mol. The predicted molar refractivity (Wildman–Crippen MR) is 102 cm³/mol. The van der Waals surface area contributed by atoms with Crippen molar-refractivity contribution in [2.75, 3.05) is 13.7 Å². The fourth-order valence-electron chi connectivity index (χ4n) is 2.65. The number of nitrogens with one attached hydrogen (secondary N) is 1. The molecule has 1 aliphatic rings. The lowest BCUT2D eigenvalue weighted by Gasteiger charge is -2.14. The van der Waals surface area contributed by atoms with Gasteiger partial charge in [0, 0.05) is 30.9 Å². The predicted octanol–water partition coefficient (Wildman–Crippen LogP) is 1.53. The number of carbonyl (C=O) groups excluding carboxylic acids is 1. The number of methoxy groups -OCH3 is 1. The van der Waals surface area contributed by atoms with Gasteiger partial charge in [-0.05, 0) is 17.7 Å². The molecule has 2 aromatic rings. The number of ether oxygens (including phenoxy) is 1. The molecule has 0 spiro atoms. The molecule has 2 heterocycles. The summed E-state index contributed by atoms with van der Waals surface area (Å²) in [7, 11) is -1.41. The van der Waals surface area contributed by atoms with Gasteiger partial charge in [-0.3, -0.25) is 0 Å². The third kappa shape index (κ3) is 5.01. The number of halogens is 1.